The molecule has 1 atom stereocenters. The first kappa shape index (κ1) is 19.2. The largest absolute Gasteiger partial charge is 0.497 e. The highest BCUT2D eigenvalue weighted by atomic mass is 16.5. The molecule has 0 fully saturated rings. The predicted octanol–water partition coefficient (Wildman–Crippen LogP) is 4.54. The first-order valence-electron chi connectivity index (χ1n) is 9.91. The Morgan fingerprint density at radius 3 is 2.41 bits per heavy atom. The van der Waals surface area contributed by atoms with E-state index in [0.29, 0.717) is 24.3 Å². The summed E-state index contributed by atoms with van der Waals surface area (Å²) in [6, 6.07) is 13.4. The molecule has 0 radical (unpaired) electrons. The van der Waals surface area contributed by atoms with Gasteiger partial charge in [-0.2, -0.15) is 0 Å². The van der Waals surface area contributed by atoms with E-state index >= 15 is 0 Å². The molecular formula is C24H25NO4. The molecule has 0 N–H and O–H groups in total. The molecule has 1 aliphatic heterocycles. The topological polar surface area (TPSA) is 55.8 Å². The van der Waals surface area contributed by atoms with Gasteiger partial charge in [0.2, 0.25) is 5.91 Å². The molecule has 0 bridgehead atoms. The van der Waals surface area contributed by atoms with Crippen LogP contribution in [0.15, 0.2) is 53.7 Å². The summed E-state index contributed by atoms with van der Waals surface area (Å²) in [5.74, 6) is 1.14. The molecule has 0 spiro atoms. The molecule has 0 saturated heterocycles. The van der Waals surface area contributed by atoms with Crippen LogP contribution in [0.25, 0.3) is 0 Å². The minimum Gasteiger partial charge on any atom is -0.497 e. The van der Waals surface area contributed by atoms with Crippen molar-refractivity contribution in [2.24, 2.45) is 0 Å². The van der Waals surface area contributed by atoms with Gasteiger partial charge in [0.05, 0.1) is 14.2 Å². The molecule has 150 valence electrons. The lowest BCUT2D eigenvalue weighted by molar-refractivity contribution is -0.119. The molecule has 1 amide bonds. The Morgan fingerprint density at radius 2 is 1.72 bits per heavy atom. The summed E-state index contributed by atoms with van der Waals surface area (Å²) in [5.41, 5.74) is 4.34. The second kappa shape index (κ2) is 7.74. The van der Waals surface area contributed by atoms with Gasteiger partial charge in [0.15, 0.2) is 5.78 Å². The molecule has 0 saturated carbocycles. The second-order valence-corrected chi connectivity index (χ2v) is 7.57. The van der Waals surface area contributed by atoms with E-state index in [2.05, 4.69) is 0 Å². The number of hydrogen-bond donors (Lipinski definition) is 0. The van der Waals surface area contributed by atoms with Gasteiger partial charge in [-0.3, -0.25) is 14.5 Å². The average molecular weight is 391 g/mol. The number of carbonyl (C=O) groups is 2. The molecule has 29 heavy (non-hydrogen) atoms. The monoisotopic (exact) mass is 391 g/mol. The van der Waals surface area contributed by atoms with Crippen molar-refractivity contribution in [1.82, 2.24) is 0 Å². The van der Waals surface area contributed by atoms with Crippen molar-refractivity contribution in [2.45, 2.75) is 38.5 Å². The third-order valence-corrected chi connectivity index (χ3v) is 5.78. The van der Waals surface area contributed by atoms with Gasteiger partial charge in [-0.1, -0.05) is 17.7 Å². The third kappa shape index (κ3) is 3.41. The van der Waals surface area contributed by atoms with Crippen molar-refractivity contribution in [3.05, 3.63) is 64.9 Å². The van der Waals surface area contributed by atoms with Crippen LogP contribution >= 0.6 is 0 Å². The summed E-state index contributed by atoms with van der Waals surface area (Å²) in [5, 5.41) is 0. The molecule has 1 aliphatic carbocycles. The summed E-state index contributed by atoms with van der Waals surface area (Å²) in [7, 11) is 3.21. The maximum Gasteiger partial charge on any atom is 0.232 e. The van der Waals surface area contributed by atoms with Crippen molar-refractivity contribution in [1.29, 1.82) is 0 Å². The summed E-state index contributed by atoms with van der Waals surface area (Å²) < 4.78 is 10.9. The van der Waals surface area contributed by atoms with Crippen LogP contribution in [0.5, 0.6) is 11.5 Å². The number of methoxy groups -OCH3 is 2. The Kier molecular flexibility index (Phi) is 5.14. The zero-order valence-electron chi connectivity index (χ0n) is 17.0. The van der Waals surface area contributed by atoms with Crippen LogP contribution in [0, 0.1) is 6.92 Å². The highest BCUT2D eigenvalue weighted by Gasteiger charge is 2.40. The molecule has 2 aromatic carbocycles. The second-order valence-electron chi connectivity index (χ2n) is 7.57. The minimum atomic E-state index is -0.322. The van der Waals surface area contributed by atoms with Gasteiger partial charge in [-0.05, 0) is 50.1 Å². The standard InChI is InChI=1S/C24H25NO4/c1-15-7-9-16(10-8-15)25-20-5-4-6-21(26)24(20)19(14-23(25)27)18-13-17(28-2)11-12-22(18)29-3/h7-13,19H,4-6,14H2,1-3H3/t19-/m0/s1. The van der Waals surface area contributed by atoms with Crippen LogP contribution in [0.3, 0.4) is 0 Å². The van der Waals surface area contributed by atoms with Crippen molar-refractivity contribution < 1.29 is 19.1 Å². The number of nitrogens with zero attached hydrogens (tertiary/aromatic N) is 1. The number of carbonyl (C=O) groups excluding carboxylic acids is 2. The summed E-state index contributed by atoms with van der Waals surface area (Å²) in [6.45, 7) is 2.02. The fraction of sp³-hybridized carbons (Fsp3) is 0.333. The predicted molar refractivity (Wildman–Crippen MR) is 111 cm³/mol. The summed E-state index contributed by atoms with van der Waals surface area (Å²) in [6.07, 6.45) is 2.21. The Bertz CT molecular complexity index is 990. The van der Waals surface area contributed by atoms with Crippen molar-refractivity contribution >= 4 is 17.4 Å². The van der Waals surface area contributed by atoms with Crippen LogP contribution in [-0.4, -0.2) is 25.9 Å². The molecule has 0 aromatic heterocycles. The van der Waals surface area contributed by atoms with Crippen LogP contribution in [0.1, 0.15) is 42.7 Å². The first-order valence-corrected chi connectivity index (χ1v) is 9.91. The number of benzene rings is 2. The normalized spacial score (nSPS) is 19.3. The number of allylic oxidation sites excluding steroid dienone is 2. The highest BCUT2D eigenvalue weighted by Crippen LogP contribution is 2.46. The van der Waals surface area contributed by atoms with Gasteiger partial charge >= 0.3 is 0 Å². The van der Waals surface area contributed by atoms with Gasteiger partial charge in [-0.25, -0.2) is 0 Å². The minimum absolute atomic E-state index is 0.00261. The zero-order valence-corrected chi connectivity index (χ0v) is 17.0. The lowest BCUT2D eigenvalue weighted by atomic mass is 9.76. The quantitative estimate of drug-likeness (QED) is 0.768. The molecule has 5 heteroatoms. The van der Waals surface area contributed by atoms with E-state index in [1.165, 1.54) is 0 Å². The maximum absolute atomic E-state index is 13.3. The number of rotatable bonds is 4. The molecule has 5 nitrogen and oxygen atoms in total. The van der Waals surface area contributed by atoms with E-state index in [1.54, 1.807) is 19.1 Å². The van der Waals surface area contributed by atoms with E-state index in [9.17, 15) is 9.59 Å². The third-order valence-electron chi connectivity index (χ3n) is 5.78. The smallest absolute Gasteiger partial charge is 0.232 e. The van der Waals surface area contributed by atoms with Gasteiger partial charge in [-0.15, -0.1) is 0 Å². The number of amides is 1. The molecule has 1 heterocycles. The Hall–Kier alpha value is -3.08. The Morgan fingerprint density at radius 1 is 0.966 bits per heavy atom. The van der Waals surface area contributed by atoms with Crippen molar-refractivity contribution in [3.8, 4) is 11.5 Å². The lowest BCUT2D eigenvalue weighted by Gasteiger charge is -2.38. The van der Waals surface area contributed by atoms with E-state index in [0.717, 1.165) is 34.5 Å². The fourth-order valence-corrected chi connectivity index (χ4v) is 4.36. The van der Waals surface area contributed by atoms with E-state index in [4.69, 9.17) is 9.47 Å². The number of Topliss-reactive ketones (excluding diaryl/α,β-unsaturated/α-hetero) is 1. The van der Waals surface area contributed by atoms with E-state index < -0.39 is 0 Å². The van der Waals surface area contributed by atoms with Crippen LogP contribution in [0.4, 0.5) is 5.69 Å². The van der Waals surface area contributed by atoms with Gasteiger partial charge in [0, 0.05) is 41.3 Å². The van der Waals surface area contributed by atoms with Gasteiger partial charge < -0.3 is 9.47 Å². The van der Waals surface area contributed by atoms with E-state index in [1.807, 2.05) is 49.4 Å². The zero-order chi connectivity index (χ0) is 20.5. The lowest BCUT2D eigenvalue weighted by Crippen LogP contribution is -2.40. The maximum atomic E-state index is 13.3. The van der Waals surface area contributed by atoms with Crippen LogP contribution in [-0.2, 0) is 9.59 Å². The number of hydrogen-bond acceptors (Lipinski definition) is 4. The average Bonchev–Trinajstić information content (AvgIpc) is 2.73. The van der Waals surface area contributed by atoms with Crippen LogP contribution in [0.2, 0.25) is 0 Å². The first-order chi connectivity index (χ1) is 14.0. The molecule has 2 aliphatic rings. The summed E-state index contributed by atoms with van der Waals surface area (Å²) in [4.78, 5) is 28.1. The highest BCUT2D eigenvalue weighted by molar-refractivity contribution is 6.07. The molecule has 2 aromatic rings. The van der Waals surface area contributed by atoms with Gasteiger partial charge in [0.1, 0.15) is 11.5 Å². The number of ketones is 1. The number of ether oxygens (including phenoxy) is 2. The number of anilines is 1. The van der Waals surface area contributed by atoms with Crippen molar-refractivity contribution in [2.75, 3.05) is 19.1 Å². The summed E-state index contributed by atoms with van der Waals surface area (Å²) >= 11 is 0. The Balaban J connectivity index is 1.88. The van der Waals surface area contributed by atoms with Crippen molar-refractivity contribution in [3.63, 3.8) is 0 Å². The van der Waals surface area contributed by atoms with E-state index in [-0.39, 0.29) is 24.0 Å². The fourth-order valence-electron chi connectivity index (χ4n) is 4.36. The Labute approximate surface area is 170 Å². The van der Waals surface area contributed by atoms with Crippen LogP contribution < -0.4 is 14.4 Å². The molecule has 4 rings (SSSR count). The molecular weight excluding hydrogens is 366 g/mol. The molecule has 0 unspecified atom stereocenters. The number of aryl methyl sites for hydroxylation is 1. The SMILES string of the molecule is COc1ccc(OC)c([C@@H]2CC(=O)N(c3ccc(C)cc3)C3=C2C(=O)CCC3)c1. The van der Waals surface area contributed by atoms with Gasteiger partial charge in [0.25, 0.3) is 0 Å².